The second-order valence-corrected chi connectivity index (χ2v) is 8.05. The zero-order valence-electron chi connectivity index (χ0n) is 18.1. The van der Waals surface area contributed by atoms with E-state index in [9.17, 15) is 18.0 Å². The first-order chi connectivity index (χ1) is 14.1. The van der Waals surface area contributed by atoms with Gasteiger partial charge >= 0.3 is 6.18 Å². The maximum absolute atomic E-state index is 12.9. The summed E-state index contributed by atoms with van der Waals surface area (Å²) in [5.41, 5.74) is -0.235. The van der Waals surface area contributed by atoms with Gasteiger partial charge in [-0.05, 0) is 44.4 Å². The maximum atomic E-state index is 12.9. The Morgan fingerprint density at radius 3 is 2.50 bits per heavy atom. The number of likely N-dealkylation sites (N-methyl/N-ethyl adjacent to an activating group) is 1. The number of rotatable bonds is 6. The van der Waals surface area contributed by atoms with Gasteiger partial charge in [-0.3, -0.25) is 4.79 Å². The van der Waals surface area contributed by atoms with Crippen LogP contribution in [0.3, 0.4) is 0 Å². The molecule has 1 fully saturated rings. The molecule has 168 valence electrons. The predicted molar refractivity (Wildman–Crippen MR) is 112 cm³/mol. The number of carbonyl (C=O) groups is 1. The summed E-state index contributed by atoms with van der Waals surface area (Å²) in [7, 11) is 3.33. The number of aliphatic imine (C=N–C) groups is 1. The highest BCUT2D eigenvalue weighted by Crippen LogP contribution is 2.29. The number of hydrogen-bond acceptors (Lipinski definition) is 3. The van der Waals surface area contributed by atoms with Crippen LogP contribution in [0.5, 0.6) is 0 Å². The van der Waals surface area contributed by atoms with Crippen molar-refractivity contribution >= 4 is 11.9 Å². The average Bonchev–Trinajstić information content (AvgIpc) is 2.69. The first-order valence-electron chi connectivity index (χ1n) is 10.2. The van der Waals surface area contributed by atoms with Crippen LogP contribution < -0.4 is 10.6 Å². The van der Waals surface area contributed by atoms with Gasteiger partial charge in [-0.1, -0.05) is 12.1 Å². The van der Waals surface area contributed by atoms with E-state index in [0.29, 0.717) is 17.6 Å². The average molecular weight is 428 g/mol. The molecule has 2 rings (SSSR count). The SMILES string of the molecule is CC(C)N1CCC(NC(=NCc2cccc(C(F)(F)F)c2)NCC(=O)N(C)C)CC1. The Morgan fingerprint density at radius 1 is 1.27 bits per heavy atom. The summed E-state index contributed by atoms with van der Waals surface area (Å²) in [4.78, 5) is 20.2. The minimum Gasteiger partial charge on any atom is -0.354 e. The van der Waals surface area contributed by atoms with Gasteiger partial charge in [0.25, 0.3) is 0 Å². The molecule has 1 saturated heterocycles. The Balaban J connectivity index is 2.06. The van der Waals surface area contributed by atoms with Crippen LogP contribution in [0.25, 0.3) is 0 Å². The first kappa shape index (κ1) is 24.0. The third-order valence-electron chi connectivity index (χ3n) is 5.18. The minimum absolute atomic E-state index is 0.0618. The molecule has 9 heteroatoms. The zero-order valence-corrected chi connectivity index (χ0v) is 18.1. The number of guanidine groups is 1. The van der Waals surface area contributed by atoms with Gasteiger partial charge in [-0.15, -0.1) is 0 Å². The smallest absolute Gasteiger partial charge is 0.354 e. The zero-order chi connectivity index (χ0) is 22.3. The molecule has 0 unspecified atom stereocenters. The van der Waals surface area contributed by atoms with Gasteiger partial charge in [0, 0.05) is 39.3 Å². The molecule has 0 bridgehead atoms. The summed E-state index contributed by atoms with van der Waals surface area (Å²) in [5.74, 6) is 0.323. The number of nitrogens with one attached hydrogen (secondary N) is 2. The van der Waals surface area contributed by atoms with Crippen LogP contribution in [0.15, 0.2) is 29.3 Å². The molecule has 1 amide bonds. The molecule has 0 aromatic heterocycles. The molecule has 1 aromatic carbocycles. The molecule has 6 nitrogen and oxygen atoms in total. The van der Waals surface area contributed by atoms with Crippen LogP contribution in [0.4, 0.5) is 13.2 Å². The number of carbonyl (C=O) groups excluding carboxylic acids is 1. The van der Waals surface area contributed by atoms with Crippen molar-refractivity contribution in [2.45, 2.75) is 51.5 Å². The molecule has 0 spiro atoms. The first-order valence-corrected chi connectivity index (χ1v) is 10.2. The number of halogens is 3. The molecule has 0 aliphatic carbocycles. The number of hydrogen-bond donors (Lipinski definition) is 2. The fourth-order valence-electron chi connectivity index (χ4n) is 3.24. The molecule has 0 saturated carbocycles. The van der Waals surface area contributed by atoms with Crippen molar-refractivity contribution in [2.75, 3.05) is 33.7 Å². The van der Waals surface area contributed by atoms with E-state index in [1.54, 1.807) is 20.2 Å². The number of piperidine rings is 1. The number of amides is 1. The van der Waals surface area contributed by atoms with Crippen LogP contribution in [0.2, 0.25) is 0 Å². The van der Waals surface area contributed by atoms with Crippen molar-refractivity contribution in [3.8, 4) is 0 Å². The summed E-state index contributed by atoms with van der Waals surface area (Å²) in [6.45, 7) is 6.42. The Hall–Kier alpha value is -2.29. The van der Waals surface area contributed by atoms with E-state index in [1.807, 2.05) is 0 Å². The van der Waals surface area contributed by atoms with Crippen molar-refractivity contribution in [3.63, 3.8) is 0 Å². The lowest BCUT2D eigenvalue weighted by Gasteiger charge is -2.35. The predicted octanol–water partition coefficient (Wildman–Crippen LogP) is 2.70. The van der Waals surface area contributed by atoms with E-state index in [1.165, 1.54) is 11.0 Å². The molecular weight excluding hydrogens is 395 g/mol. The molecule has 0 radical (unpaired) electrons. The van der Waals surface area contributed by atoms with Gasteiger partial charge < -0.3 is 20.4 Å². The maximum Gasteiger partial charge on any atom is 0.416 e. The highest BCUT2D eigenvalue weighted by molar-refractivity contribution is 5.86. The standard InChI is InChI=1S/C21H32F3N5O/c1-15(2)29-10-8-18(9-11-29)27-20(26-14-19(30)28(3)4)25-13-16-6-5-7-17(12-16)21(22,23)24/h5-7,12,15,18H,8-11,13-14H2,1-4H3,(H2,25,26,27). The topological polar surface area (TPSA) is 60.0 Å². The molecule has 1 aliphatic rings. The van der Waals surface area contributed by atoms with Gasteiger partial charge in [0.1, 0.15) is 0 Å². The van der Waals surface area contributed by atoms with Crippen molar-refractivity contribution in [1.29, 1.82) is 0 Å². The van der Waals surface area contributed by atoms with Crippen LogP contribution >= 0.6 is 0 Å². The lowest BCUT2D eigenvalue weighted by atomic mass is 10.0. The van der Waals surface area contributed by atoms with Crippen molar-refractivity contribution in [2.24, 2.45) is 4.99 Å². The van der Waals surface area contributed by atoms with E-state index >= 15 is 0 Å². The summed E-state index contributed by atoms with van der Waals surface area (Å²) in [6.07, 6.45) is -2.52. The highest BCUT2D eigenvalue weighted by Gasteiger charge is 2.30. The monoisotopic (exact) mass is 427 g/mol. The van der Waals surface area contributed by atoms with E-state index < -0.39 is 11.7 Å². The van der Waals surface area contributed by atoms with Crippen molar-refractivity contribution < 1.29 is 18.0 Å². The van der Waals surface area contributed by atoms with E-state index in [0.717, 1.165) is 38.1 Å². The Bertz CT molecular complexity index is 726. The van der Waals surface area contributed by atoms with Crippen molar-refractivity contribution in [3.05, 3.63) is 35.4 Å². The molecule has 30 heavy (non-hydrogen) atoms. The van der Waals surface area contributed by atoms with Gasteiger partial charge in [-0.2, -0.15) is 13.2 Å². The Morgan fingerprint density at radius 2 is 1.93 bits per heavy atom. The van der Waals surface area contributed by atoms with E-state index in [2.05, 4.69) is 34.4 Å². The van der Waals surface area contributed by atoms with Gasteiger partial charge in [0.15, 0.2) is 5.96 Å². The summed E-state index contributed by atoms with van der Waals surface area (Å²) in [5, 5.41) is 6.35. The van der Waals surface area contributed by atoms with Crippen molar-refractivity contribution in [1.82, 2.24) is 20.4 Å². The van der Waals surface area contributed by atoms with Gasteiger partial charge in [-0.25, -0.2) is 4.99 Å². The largest absolute Gasteiger partial charge is 0.416 e. The quantitative estimate of drug-likeness (QED) is 0.541. The van der Waals surface area contributed by atoms with E-state index in [4.69, 9.17) is 0 Å². The minimum atomic E-state index is -4.39. The Labute approximate surface area is 176 Å². The number of nitrogens with zero attached hydrogens (tertiary/aromatic N) is 3. The molecule has 0 atom stereocenters. The fraction of sp³-hybridized carbons (Fsp3) is 0.619. The van der Waals surface area contributed by atoms with Gasteiger partial charge in [0.2, 0.25) is 5.91 Å². The van der Waals surface area contributed by atoms with Gasteiger partial charge in [0.05, 0.1) is 18.7 Å². The molecular formula is C21H32F3N5O. The third-order valence-corrected chi connectivity index (χ3v) is 5.18. The van der Waals surface area contributed by atoms with Crippen LogP contribution in [-0.2, 0) is 17.5 Å². The molecule has 2 N–H and O–H groups in total. The summed E-state index contributed by atoms with van der Waals surface area (Å²) in [6, 6.07) is 5.84. The van der Waals surface area contributed by atoms with E-state index in [-0.39, 0.29) is 25.0 Å². The van der Waals surface area contributed by atoms with Crippen LogP contribution in [0, 0.1) is 0 Å². The third kappa shape index (κ3) is 7.51. The number of likely N-dealkylation sites (tertiary alicyclic amines) is 1. The second-order valence-electron chi connectivity index (χ2n) is 8.05. The van der Waals surface area contributed by atoms with Crippen LogP contribution in [-0.4, -0.2) is 67.5 Å². The molecule has 1 aliphatic heterocycles. The molecule has 1 heterocycles. The number of alkyl halides is 3. The lowest BCUT2D eigenvalue weighted by molar-refractivity contribution is -0.137. The summed E-state index contributed by atoms with van der Waals surface area (Å²) >= 11 is 0. The Kier molecular flexibility index (Phi) is 8.52. The normalized spacial score (nSPS) is 16.6. The van der Waals surface area contributed by atoms with Crippen LogP contribution in [0.1, 0.15) is 37.8 Å². The lowest BCUT2D eigenvalue weighted by Crippen LogP contribution is -2.51. The highest BCUT2D eigenvalue weighted by atomic mass is 19.4. The summed E-state index contributed by atoms with van der Waals surface area (Å²) < 4.78 is 38.8. The fourth-order valence-corrected chi connectivity index (χ4v) is 3.24. The molecule has 1 aromatic rings. The second kappa shape index (κ2) is 10.7. The number of benzene rings is 1.